The summed E-state index contributed by atoms with van der Waals surface area (Å²) >= 11 is 0. The molecule has 0 fully saturated rings. The first-order chi connectivity index (χ1) is 6.07. The molecular formula is C9H8F3N. The van der Waals surface area contributed by atoms with Crippen LogP contribution >= 0.6 is 0 Å². The van der Waals surface area contributed by atoms with Gasteiger partial charge in [-0.25, -0.2) is 0 Å². The molecule has 4 heteroatoms. The molecular weight excluding hydrogens is 179 g/mol. The first-order valence-electron chi connectivity index (χ1n) is 3.97. The first-order valence-corrected chi connectivity index (χ1v) is 3.97. The number of allylic oxidation sites excluding steroid dienone is 2. The molecule has 2 rings (SSSR count). The van der Waals surface area contributed by atoms with E-state index in [1.54, 1.807) is 18.4 Å². The van der Waals surface area contributed by atoms with Gasteiger partial charge < -0.3 is 5.32 Å². The van der Waals surface area contributed by atoms with Gasteiger partial charge in [-0.2, -0.15) is 13.2 Å². The maximum absolute atomic E-state index is 12.2. The Labute approximate surface area is 73.6 Å². The molecule has 2 aliphatic rings. The van der Waals surface area contributed by atoms with Crippen LogP contribution in [0.15, 0.2) is 36.1 Å². The molecule has 0 radical (unpaired) electrons. The van der Waals surface area contributed by atoms with Crippen molar-refractivity contribution < 1.29 is 13.2 Å². The summed E-state index contributed by atoms with van der Waals surface area (Å²) in [7, 11) is 0. The molecule has 70 valence electrons. The van der Waals surface area contributed by atoms with E-state index in [2.05, 4.69) is 5.32 Å². The third kappa shape index (κ3) is 1.48. The second-order valence-corrected chi connectivity index (χ2v) is 3.11. The molecule has 1 N–H and O–H groups in total. The maximum atomic E-state index is 12.2. The molecule has 0 aromatic heterocycles. The highest BCUT2D eigenvalue weighted by Gasteiger charge is 2.35. The van der Waals surface area contributed by atoms with E-state index in [1.807, 2.05) is 0 Å². The van der Waals surface area contributed by atoms with Crippen molar-refractivity contribution in [2.24, 2.45) is 5.92 Å². The molecule has 1 aliphatic heterocycles. The Balaban J connectivity index is 2.24. The van der Waals surface area contributed by atoms with E-state index in [4.69, 9.17) is 0 Å². The highest BCUT2D eigenvalue weighted by Crippen LogP contribution is 2.32. The van der Waals surface area contributed by atoms with Crippen molar-refractivity contribution >= 4 is 0 Å². The summed E-state index contributed by atoms with van der Waals surface area (Å²) in [4.78, 5) is 0. The Kier molecular flexibility index (Phi) is 1.71. The summed E-state index contributed by atoms with van der Waals surface area (Å²) in [5, 5.41) is 2.95. The van der Waals surface area contributed by atoms with E-state index in [0.29, 0.717) is 0 Å². The number of halogens is 3. The second kappa shape index (κ2) is 2.65. The van der Waals surface area contributed by atoms with E-state index >= 15 is 0 Å². The van der Waals surface area contributed by atoms with Crippen LogP contribution in [-0.4, -0.2) is 12.2 Å². The van der Waals surface area contributed by atoms with Gasteiger partial charge in [0.05, 0.1) is 11.6 Å². The van der Waals surface area contributed by atoms with Gasteiger partial charge in [0.2, 0.25) is 0 Å². The minimum absolute atomic E-state index is 0.00565. The Morgan fingerprint density at radius 3 is 2.69 bits per heavy atom. The third-order valence-electron chi connectivity index (χ3n) is 2.20. The SMILES string of the molecule is FC(F)(F)C1=CC2C=CNC2C=C1. The summed E-state index contributed by atoms with van der Waals surface area (Å²) < 4.78 is 36.7. The van der Waals surface area contributed by atoms with Gasteiger partial charge in [0, 0.05) is 5.92 Å². The fourth-order valence-electron chi connectivity index (χ4n) is 1.51. The molecule has 0 saturated heterocycles. The van der Waals surface area contributed by atoms with Crippen LogP contribution in [0.4, 0.5) is 13.2 Å². The Bertz CT molecular complexity index is 298. The van der Waals surface area contributed by atoms with Gasteiger partial charge >= 0.3 is 6.18 Å². The third-order valence-corrected chi connectivity index (χ3v) is 2.20. The number of alkyl halides is 3. The summed E-state index contributed by atoms with van der Waals surface area (Å²) in [5.74, 6) is -0.151. The number of hydrogen-bond donors (Lipinski definition) is 1. The Morgan fingerprint density at radius 1 is 1.23 bits per heavy atom. The fraction of sp³-hybridized carbons (Fsp3) is 0.333. The fourth-order valence-corrected chi connectivity index (χ4v) is 1.51. The molecule has 0 aromatic rings. The Hall–Kier alpha value is -1.19. The van der Waals surface area contributed by atoms with Crippen molar-refractivity contribution in [3.8, 4) is 0 Å². The Morgan fingerprint density at radius 2 is 2.00 bits per heavy atom. The van der Waals surface area contributed by atoms with Crippen molar-refractivity contribution in [1.29, 1.82) is 0 Å². The van der Waals surface area contributed by atoms with Crippen LogP contribution < -0.4 is 5.32 Å². The van der Waals surface area contributed by atoms with Gasteiger partial charge in [-0.05, 0) is 6.20 Å². The maximum Gasteiger partial charge on any atom is 0.416 e. The lowest BCUT2D eigenvalue weighted by Crippen LogP contribution is -2.27. The molecule has 2 atom stereocenters. The molecule has 13 heavy (non-hydrogen) atoms. The minimum Gasteiger partial charge on any atom is -0.384 e. The zero-order valence-corrected chi connectivity index (χ0v) is 6.68. The molecule has 0 bridgehead atoms. The molecule has 0 spiro atoms. The standard InChI is InChI=1S/C9H8F3N/c10-9(11,12)7-1-2-8-6(5-7)3-4-13-8/h1-6,8,13H. The first kappa shape index (κ1) is 8.41. The highest BCUT2D eigenvalue weighted by atomic mass is 19.4. The highest BCUT2D eigenvalue weighted by molar-refractivity contribution is 5.35. The quantitative estimate of drug-likeness (QED) is 0.612. The van der Waals surface area contributed by atoms with E-state index < -0.39 is 11.7 Å². The van der Waals surface area contributed by atoms with Crippen molar-refractivity contribution in [2.75, 3.05) is 0 Å². The van der Waals surface area contributed by atoms with Crippen molar-refractivity contribution in [3.05, 3.63) is 36.1 Å². The van der Waals surface area contributed by atoms with E-state index in [9.17, 15) is 13.2 Å². The van der Waals surface area contributed by atoms with Crippen LogP contribution in [0.2, 0.25) is 0 Å². The van der Waals surface area contributed by atoms with E-state index in [0.717, 1.165) is 6.08 Å². The number of rotatable bonds is 0. The number of fused-ring (bicyclic) bond motifs is 1. The van der Waals surface area contributed by atoms with Crippen LogP contribution in [0.5, 0.6) is 0 Å². The number of nitrogens with one attached hydrogen (secondary N) is 1. The normalized spacial score (nSPS) is 31.2. The molecule has 2 unspecified atom stereocenters. The minimum atomic E-state index is -4.22. The van der Waals surface area contributed by atoms with Crippen molar-refractivity contribution in [2.45, 2.75) is 12.2 Å². The predicted octanol–water partition coefficient (Wildman–Crippen LogP) is 2.15. The van der Waals surface area contributed by atoms with Crippen molar-refractivity contribution in [1.82, 2.24) is 5.32 Å². The van der Waals surface area contributed by atoms with Gasteiger partial charge in [-0.3, -0.25) is 0 Å². The van der Waals surface area contributed by atoms with Crippen LogP contribution in [-0.2, 0) is 0 Å². The smallest absolute Gasteiger partial charge is 0.384 e. The largest absolute Gasteiger partial charge is 0.416 e. The summed E-state index contributed by atoms with van der Waals surface area (Å²) in [6, 6.07) is 0.00565. The summed E-state index contributed by atoms with van der Waals surface area (Å²) in [6.45, 7) is 0. The van der Waals surface area contributed by atoms with Crippen LogP contribution in [0.3, 0.4) is 0 Å². The van der Waals surface area contributed by atoms with Crippen molar-refractivity contribution in [3.63, 3.8) is 0 Å². The topological polar surface area (TPSA) is 12.0 Å². The van der Waals surface area contributed by atoms with Crippen LogP contribution in [0.25, 0.3) is 0 Å². The molecule has 1 nitrogen and oxygen atoms in total. The predicted molar refractivity (Wildman–Crippen MR) is 42.8 cm³/mol. The lowest BCUT2D eigenvalue weighted by molar-refractivity contribution is -0.0888. The van der Waals surface area contributed by atoms with E-state index in [-0.39, 0.29) is 12.0 Å². The average molecular weight is 187 g/mol. The lowest BCUT2D eigenvalue weighted by Gasteiger charge is -2.20. The molecule has 0 aromatic carbocycles. The summed E-state index contributed by atoms with van der Waals surface area (Å²) in [5.41, 5.74) is -0.554. The van der Waals surface area contributed by atoms with Gasteiger partial charge in [-0.1, -0.05) is 24.3 Å². The zero-order chi connectivity index (χ0) is 9.47. The molecule has 1 heterocycles. The summed E-state index contributed by atoms with van der Waals surface area (Å²) in [6.07, 6.45) is 3.13. The second-order valence-electron chi connectivity index (χ2n) is 3.11. The molecule has 0 amide bonds. The molecule has 1 aliphatic carbocycles. The van der Waals surface area contributed by atoms with E-state index in [1.165, 1.54) is 6.08 Å². The molecule has 0 saturated carbocycles. The van der Waals surface area contributed by atoms with Gasteiger partial charge in [-0.15, -0.1) is 0 Å². The number of hydrogen-bond acceptors (Lipinski definition) is 1. The van der Waals surface area contributed by atoms with Crippen LogP contribution in [0, 0.1) is 5.92 Å². The van der Waals surface area contributed by atoms with Gasteiger partial charge in [0.1, 0.15) is 0 Å². The monoisotopic (exact) mass is 187 g/mol. The zero-order valence-electron chi connectivity index (χ0n) is 6.68. The van der Waals surface area contributed by atoms with Crippen LogP contribution in [0.1, 0.15) is 0 Å². The average Bonchev–Trinajstić information content (AvgIpc) is 2.47. The van der Waals surface area contributed by atoms with Gasteiger partial charge in [0.25, 0.3) is 0 Å². The lowest BCUT2D eigenvalue weighted by atomic mass is 9.93. The van der Waals surface area contributed by atoms with Gasteiger partial charge in [0.15, 0.2) is 0 Å².